The maximum atomic E-state index is 13.9. The summed E-state index contributed by atoms with van der Waals surface area (Å²) in [6.07, 6.45) is -0.581. The van der Waals surface area contributed by atoms with Crippen LogP contribution >= 0.6 is 0 Å². The minimum absolute atomic E-state index is 0.125. The molecule has 2 amide bonds. The number of non-ortho nitro benzene ring substituents is 1. The minimum Gasteiger partial charge on any atom is -0.493 e. The van der Waals surface area contributed by atoms with Gasteiger partial charge < -0.3 is 14.6 Å². The first-order valence-electron chi connectivity index (χ1n) is 12.0. The zero-order valence-electron chi connectivity index (χ0n) is 19.8. The summed E-state index contributed by atoms with van der Waals surface area (Å²) >= 11 is 0. The monoisotopic (exact) mass is 506 g/mol. The molecule has 0 aliphatic carbocycles. The second kappa shape index (κ2) is 8.06. The van der Waals surface area contributed by atoms with E-state index in [0.29, 0.717) is 16.5 Å². The van der Waals surface area contributed by atoms with Crippen molar-refractivity contribution in [1.82, 2.24) is 0 Å². The molecule has 0 saturated carbocycles. The number of carbonyl (C=O) groups excluding carboxylic acids is 2. The molecule has 1 N–H and O–H groups in total. The number of nitrogens with zero attached hydrogens (tertiary/aromatic N) is 2. The van der Waals surface area contributed by atoms with Crippen LogP contribution in [0.15, 0.2) is 60.7 Å². The molecule has 10 heteroatoms. The Labute approximate surface area is 210 Å². The summed E-state index contributed by atoms with van der Waals surface area (Å²) in [5, 5.41) is 23.2. The van der Waals surface area contributed by atoms with Crippen molar-refractivity contribution >= 4 is 34.0 Å². The first kappa shape index (κ1) is 23.5. The molecule has 0 aromatic heterocycles. The number of carbonyl (C=O) groups is 2. The maximum absolute atomic E-state index is 13.9. The lowest BCUT2D eigenvalue weighted by Gasteiger charge is -2.33. The van der Waals surface area contributed by atoms with Crippen molar-refractivity contribution in [3.63, 3.8) is 0 Å². The van der Waals surface area contributed by atoms with Gasteiger partial charge in [-0.2, -0.15) is 0 Å². The lowest BCUT2D eigenvalue weighted by Crippen LogP contribution is -2.49. The Kier molecular flexibility index (Phi) is 5.12. The zero-order valence-corrected chi connectivity index (χ0v) is 19.8. The van der Waals surface area contributed by atoms with Gasteiger partial charge in [0, 0.05) is 24.3 Å². The molecule has 1 unspecified atom stereocenters. The lowest BCUT2D eigenvalue weighted by atomic mass is 9.66. The summed E-state index contributed by atoms with van der Waals surface area (Å²) in [4.78, 5) is 39.8. The molecule has 3 heterocycles. The Morgan fingerprint density at radius 1 is 1.08 bits per heavy atom. The predicted molar refractivity (Wildman–Crippen MR) is 129 cm³/mol. The largest absolute Gasteiger partial charge is 0.493 e. The molecule has 0 spiro atoms. The number of amides is 2. The number of imide groups is 1. The van der Waals surface area contributed by atoms with E-state index in [1.807, 2.05) is 0 Å². The minimum atomic E-state index is -1.27. The Bertz CT molecular complexity index is 1460. The van der Waals surface area contributed by atoms with Gasteiger partial charge in [0.1, 0.15) is 17.2 Å². The van der Waals surface area contributed by atoms with E-state index in [2.05, 4.69) is 0 Å². The maximum Gasteiger partial charge on any atom is 0.277 e. The zero-order chi connectivity index (χ0) is 26.1. The fourth-order valence-electron chi connectivity index (χ4n) is 6.36. The third-order valence-electron chi connectivity index (χ3n) is 8.04. The molecule has 0 radical (unpaired) electrons. The summed E-state index contributed by atoms with van der Waals surface area (Å²) in [6.45, 7) is 1.77. The van der Waals surface area contributed by atoms with Gasteiger partial charge >= 0.3 is 0 Å². The van der Waals surface area contributed by atoms with Crippen LogP contribution in [0.1, 0.15) is 19.8 Å². The van der Waals surface area contributed by atoms with Gasteiger partial charge in [0.15, 0.2) is 0 Å². The molecule has 3 aromatic rings. The summed E-state index contributed by atoms with van der Waals surface area (Å²) in [5.41, 5.74) is -2.25. The highest BCUT2D eigenvalue weighted by atomic mass is 19.1. The first-order chi connectivity index (χ1) is 17.7. The summed E-state index contributed by atoms with van der Waals surface area (Å²) in [7, 11) is 0. The van der Waals surface area contributed by atoms with Gasteiger partial charge in [0.05, 0.1) is 46.1 Å². The third-order valence-corrected chi connectivity index (χ3v) is 8.04. The summed E-state index contributed by atoms with van der Waals surface area (Å²) in [5.74, 6) is -2.68. The van der Waals surface area contributed by atoms with E-state index in [1.54, 1.807) is 31.2 Å². The van der Waals surface area contributed by atoms with Crippen LogP contribution in [0.2, 0.25) is 0 Å². The molecular formula is C27H23FN2O7. The number of hydrogen-bond donors (Lipinski definition) is 1. The van der Waals surface area contributed by atoms with Gasteiger partial charge in [-0.3, -0.25) is 19.7 Å². The fourth-order valence-corrected chi connectivity index (χ4v) is 6.36. The number of hydrogen-bond acceptors (Lipinski definition) is 7. The first-order valence-corrected chi connectivity index (χ1v) is 12.0. The average Bonchev–Trinajstić information content (AvgIpc) is 3.40. The van der Waals surface area contributed by atoms with E-state index in [4.69, 9.17) is 9.47 Å². The fraction of sp³-hybridized carbons (Fsp3) is 0.333. The van der Waals surface area contributed by atoms with Crippen LogP contribution in [-0.2, 0) is 14.3 Å². The molecule has 37 heavy (non-hydrogen) atoms. The molecule has 5 atom stereocenters. The lowest BCUT2D eigenvalue weighted by molar-refractivity contribution is -0.383. The highest BCUT2D eigenvalue weighted by molar-refractivity contribution is 6.26. The number of nitro groups is 1. The second-order valence-electron chi connectivity index (χ2n) is 10.00. The van der Waals surface area contributed by atoms with E-state index in [0.717, 1.165) is 4.90 Å². The summed E-state index contributed by atoms with van der Waals surface area (Å²) in [6, 6.07) is 14.8. The Hall–Kier alpha value is -3.89. The predicted octanol–water partition coefficient (Wildman–Crippen LogP) is 3.75. The Morgan fingerprint density at radius 2 is 1.76 bits per heavy atom. The van der Waals surface area contributed by atoms with Crippen LogP contribution in [0.5, 0.6) is 5.75 Å². The van der Waals surface area contributed by atoms with Crippen LogP contribution in [0, 0.1) is 27.8 Å². The molecule has 6 rings (SSSR count). The molecular weight excluding hydrogens is 483 g/mol. The quantitative estimate of drug-likeness (QED) is 0.307. The molecule has 3 saturated heterocycles. The molecule has 3 aliphatic heterocycles. The number of anilines is 1. The van der Waals surface area contributed by atoms with Crippen molar-refractivity contribution in [2.24, 2.45) is 11.8 Å². The van der Waals surface area contributed by atoms with Crippen LogP contribution in [0.3, 0.4) is 0 Å². The normalized spacial score (nSPS) is 30.2. The van der Waals surface area contributed by atoms with Gasteiger partial charge in [-0.1, -0.05) is 18.2 Å². The van der Waals surface area contributed by atoms with Crippen molar-refractivity contribution in [3.8, 4) is 5.75 Å². The van der Waals surface area contributed by atoms with Crippen molar-refractivity contribution in [3.05, 3.63) is 76.6 Å². The van der Waals surface area contributed by atoms with E-state index < -0.39 is 51.7 Å². The van der Waals surface area contributed by atoms with Gasteiger partial charge in [0.25, 0.3) is 5.69 Å². The topological polar surface area (TPSA) is 119 Å². The molecule has 3 fully saturated rings. The standard InChI is InChI=1S/C27H23FN2O7/c1-26-21(31)14-27(37-26,12-13-36-16-8-6-15(28)7-9-16)23-22(26)24(32)29(25(23)33)19-10-11-20(30(34)35)18-5-3-2-4-17(18)19/h2-11,21-23,31H,12-14H2,1H3/t21?,22-,23+,26-,27+/m0/s1. The number of nitro benzene ring substituents is 1. The summed E-state index contributed by atoms with van der Waals surface area (Å²) < 4.78 is 25.3. The van der Waals surface area contributed by atoms with Crippen molar-refractivity contribution < 1.29 is 33.5 Å². The number of ether oxygens (including phenoxy) is 2. The van der Waals surface area contributed by atoms with Crippen LogP contribution in [-0.4, -0.2) is 45.8 Å². The van der Waals surface area contributed by atoms with Crippen molar-refractivity contribution in [1.29, 1.82) is 0 Å². The Balaban J connectivity index is 1.36. The molecule has 2 bridgehead atoms. The van der Waals surface area contributed by atoms with Gasteiger partial charge in [-0.25, -0.2) is 9.29 Å². The van der Waals surface area contributed by atoms with E-state index >= 15 is 0 Å². The molecule has 3 aliphatic rings. The highest BCUT2D eigenvalue weighted by Crippen LogP contribution is 2.62. The number of benzene rings is 3. The Morgan fingerprint density at radius 3 is 2.46 bits per heavy atom. The number of halogens is 1. The second-order valence-corrected chi connectivity index (χ2v) is 10.00. The molecule has 190 valence electrons. The smallest absolute Gasteiger partial charge is 0.277 e. The van der Waals surface area contributed by atoms with E-state index in [9.17, 15) is 29.2 Å². The van der Waals surface area contributed by atoms with Gasteiger partial charge in [-0.05, 0) is 43.3 Å². The SMILES string of the molecule is C[C@]12O[C@](CCOc3ccc(F)cc3)(CC1O)[C@H]1C(=O)N(c3ccc([N+](=O)[O-])c4ccccc34)C(=O)[C@H]12. The highest BCUT2D eigenvalue weighted by Gasteiger charge is 2.77. The van der Waals surface area contributed by atoms with Crippen LogP contribution in [0.4, 0.5) is 15.8 Å². The van der Waals surface area contributed by atoms with E-state index in [1.165, 1.54) is 36.4 Å². The van der Waals surface area contributed by atoms with Crippen molar-refractivity contribution in [2.45, 2.75) is 37.1 Å². The number of rotatable bonds is 6. The average molecular weight is 506 g/mol. The van der Waals surface area contributed by atoms with Crippen molar-refractivity contribution in [2.75, 3.05) is 11.5 Å². The van der Waals surface area contributed by atoms with E-state index in [-0.39, 0.29) is 30.8 Å². The third kappa shape index (κ3) is 3.29. The number of aliphatic hydroxyl groups is 1. The van der Waals surface area contributed by atoms with Gasteiger partial charge in [0.2, 0.25) is 11.8 Å². The van der Waals surface area contributed by atoms with Crippen LogP contribution < -0.4 is 9.64 Å². The number of fused-ring (bicyclic) bond motifs is 6. The van der Waals surface area contributed by atoms with Crippen LogP contribution in [0.25, 0.3) is 10.8 Å². The molecule has 9 nitrogen and oxygen atoms in total. The van der Waals surface area contributed by atoms with Gasteiger partial charge in [-0.15, -0.1) is 0 Å². The molecule has 3 aromatic carbocycles. The number of aliphatic hydroxyl groups excluding tert-OH is 1.